The predicted molar refractivity (Wildman–Crippen MR) is 155 cm³/mol. The summed E-state index contributed by atoms with van der Waals surface area (Å²) in [5.41, 5.74) is 3.20. The molecule has 5 rings (SSSR count). The highest BCUT2D eigenvalue weighted by atomic mass is 79.9. The van der Waals surface area contributed by atoms with E-state index in [0.717, 1.165) is 10.0 Å². The van der Waals surface area contributed by atoms with Crippen molar-refractivity contribution in [3.63, 3.8) is 0 Å². The van der Waals surface area contributed by atoms with Crippen LogP contribution < -0.4 is 29.6 Å². The first kappa shape index (κ1) is 27.1. The lowest BCUT2D eigenvalue weighted by molar-refractivity contribution is -0.113. The maximum Gasteiger partial charge on any atom is 0.255 e. The number of benzene rings is 3. The van der Waals surface area contributed by atoms with Crippen molar-refractivity contribution in [1.82, 2.24) is 14.8 Å². The molecule has 1 amide bonds. The number of halogens is 1. The second-order valence-electron chi connectivity index (χ2n) is 8.89. The van der Waals surface area contributed by atoms with E-state index in [9.17, 15) is 4.79 Å². The second kappa shape index (κ2) is 11.3. The van der Waals surface area contributed by atoms with E-state index in [4.69, 9.17) is 29.0 Å². The third-order valence-electron chi connectivity index (χ3n) is 6.54. The molecule has 1 aromatic heterocycles. The van der Waals surface area contributed by atoms with Crippen molar-refractivity contribution in [3.05, 3.63) is 82.0 Å². The van der Waals surface area contributed by atoms with Gasteiger partial charge in [0.1, 0.15) is 11.8 Å². The first-order valence-electron chi connectivity index (χ1n) is 12.3. The normalized spacial score (nSPS) is 14.2. The van der Waals surface area contributed by atoms with Gasteiger partial charge in [0.25, 0.3) is 5.91 Å². The molecular formula is C29H28BrN5O5. The fourth-order valence-electron chi connectivity index (χ4n) is 4.70. The summed E-state index contributed by atoms with van der Waals surface area (Å²) < 4.78 is 24.5. The van der Waals surface area contributed by atoms with Crippen LogP contribution in [0, 0.1) is 0 Å². The lowest BCUT2D eigenvalue weighted by Gasteiger charge is -2.29. The zero-order valence-electron chi connectivity index (χ0n) is 22.6. The van der Waals surface area contributed by atoms with E-state index in [1.807, 2.05) is 43.3 Å². The molecule has 0 saturated carbocycles. The van der Waals surface area contributed by atoms with E-state index in [-0.39, 0.29) is 5.91 Å². The topological polar surface area (TPSA) is 109 Å². The smallest absolute Gasteiger partial charge is 0.255 e. The van der Waals surface area contributed by atoms with Crippen LogP contribution in [0.25, 0.3) is 11.4 Å². The Hall–Kier alpha value is -4.51. The predicted octanol–water partition coefficient (Wildman–Crippen LogP) is 5.67. The van der Waals surface area contributed by atoms with Gasteiger partial charge >= 0.3 is 0 Å². The summed E-state index contributed by atoms with van der Waals surface area (Å²) in [6.07, 6.45) is 0. The minimum Gasteiger partial charge on any atom is -0.495 e. The molecule has 1 aliphatic heterocycles. The van der Waals surface area contributed by atoms with Gasteiger partial charge in [-0.25, -0.2) is 4.68 Å². The van der Waals surface area contributed by atoms with Gasteiger partial charge in [-0.15, -0.1) is 5.10 Å². The number of hydrogen-bond acceptors (Lipinski definition) is 8. The van der Waals surface area contributed by atoms with Gasteiger partial charge in [0.15, 0.2) is 17.3 Å². The molecule has 4 aromatic rings. The highest BCUT2D eigenvalue weighted by Gasteiger charge is 2.35. The zero-order chi connectivity index (χ0) is 28.4. The molecule has 2 N–H and O–H groups in total. The Morgan fingerprint density at radius 3 is 2.27 bits per heavy atom. The van der Waals surface area contributed by atoms with E-state index in [1.165, 1.54) is 0 Å². The molecule has 1 unspecified atom stereocenters. The summed E-state index contributed by atoms with van der Waals surface area (Å²) >= 11 is 3.57. The number of aromatic nitrogens is 3. The average Bonchev–Trinajstić information content (AvgIpc) is 3.39. The summed E-state index contributed by atoms with van der Waals surface area (Å²) in [6.45, 7) is 1.85. The standard InChI is InChI=1S/C29H28BrN5O5/c1-16-24(28(36)32-20-11-6-7-12-21(20)37-2)25(17-9-8-10-19(30)13-17)35-29(31-16)33-27(34-35)18-14-22(38-3)26(40-5)23(15-18)39-4/h6-15,25H,1-5H3,(H,32,36)(H,31,33,34). The molecule has 1 atom stereocenters. The molecule has 0 spiro atoms. The third kappa shape index (κ3) is 4.95. The molecule has 0 fully saturated rings. The summed E-state index contributed by atoms with van der Waals surface area (Å²) in [7, 11) is 6.22. The number of para-hydroxylation sites is 2. The Morgan fingerprint density at radius 2 is 1.62 bits per heavy atom. The van der Waals surface area contributed by atoms with Crippen molar-refractivity contribution >= 4 is 33.5 Å². The molecule has 206 valence electrons. The highest BCUT2D eigenvalue weighted by molar-refractivity contribution is 9.10. The molecule has 1 aliphatic rings. The van der Waals surface area contributed by atoms with Crippen molar-refractivity contribution in [3.8, 4) is 34.4 Å². The second-order valence-corrected chi connectivity index (χ2v) is 9.81. The molecule has 40 heavy (non-hydrogen) atoms. The number of carbonyl (C=O) groups excluding carboxylic acids is 1. The van der Waals surface area contributed by atoms with Crippen molar-refractivity contribution < 1.29 is 23.7 Å². The first-order valence-corrected chi connectivity index (χ1v) is 13.1. The maximum absolute atomic E-state index is 13.9. The number of carbonyl (C=O) groups is 1. The van der Waals surface area contributed by atoms with Crippen molar-refractivity contribution in [2.24, 2.45) is 0 Å². The van der Waals surface area contributed by atoms with Crippen LogP contribution in [0.15, 0.2) is 76.4 Å². The Balaban J connectivity index is 1.62. The Labute approximate surface area is 240 Å². The fraction of sp³-hybridized carbons (Fsp3) is 0.207. The molecule has 0 aliphatic carbocycles. The van der Waals surface area contributed by atoms with Crippen LogP contribution in [0.2, 0.25) is 0 Å². The quantitative estimate of drug-likeness (QED) is 0.264. The minimum atomic E-state index is -0.577. The molecule has 11 heteroatoms. The van der Waals surface area contributed by atoms with Crippen LogP contribution in [-0.2, 0) is 4.79 Å². The molecule has 3 aromatic carbocycles. The number of fused-ring (bicyclic) bond motifs is 1. The fourth-order valence-corrected chi connectivity index (χ4v) is 5.12. The Bertz CT molecular complexity index is 1590. The maximum atomic E-state index is 13.9. The van der Waals surface area contributed by atoms with Gasteiger partial charge in [-0.2, -0.15) is 4.98 Å². The van der Waals surface area contributed by atoms with E-state index in [0.29, 0.717) is 57.3 Å². The molecule has 2 heterocycles. The van der Waals surface area contributed by atoms with Crippen LogP contribution >= 0.6 is 15.9 Å². The molecule has 0 bridgehead atoms. The zero-order valence-corrected chi connectivity index (χ0v) is 24.2. The summed E-state index contributed by atoms with van der Waals surface area (Å²) in [5.74, 6) is 2.59. The van der Waals surface area contributed by atoms with Crippen LogP contribution in [-0.4, -0.2) is 49.1 Å². The van der Waals surface area contributed by atoms with Crippen molar-refractivity contribution in [1.29, 1.82) is 0 Å². The number of methoxy groups -OCH3 is 4. The van der Waals surface area contributed by atoms with Gasteiger partial charge in [0.2, 0.25) is 11.7 Å². The van der Waals surface area contributed by atoms with E-state index in [2.05, 4.69) is 26.6 Å². The van der Waals surface area contributed by atoms with Crippen LogP contribution in [0.1, 0.15) is 18.5 Å². The van der Waals surface area contributed by atoms with Gasteiger partial charge in [-0.05, 0) is 48.9 Å². The van der Waals surface area contributed by atoms with Gasteiger partial charge in [0.05, 0.1) is 39.7 Å². The lowest BCUT2D eigenvalue weighted by atomic mass is 9.95. The van der Waals surface area contributed by atoms with Crippen LogP contribution in [0.3, 0.4) is 0 Å². The average molecular weight is 606 g/mol. The number of ether oxygens (including phenoxy) is 4. The summed E-state index contributed by atoms with van der Waals surface area (Å²) in [6, 6.07) is 18.0. The van der Waals surface area contributed by atoms with E-state index >= 15 is 0 Å². The van der Waals surface area contributed by atoms with Crippen LogP contribution in [0.4, 0.5) is 11.6 Å². The van der Waals surface area contributed by atoms with Gasteiger partial charge < -0.3 is 29.6 Å². The number of rotatable bonds is 8. The number of nitrogens with zero attached hydrogens (tertiary/aromatic N) is 3. The summed E-state index contributed by atoms with van der Waals surface area (Å²) in [5, 5.41) is 11.1. The Kier molecular flexibility index (Phi) is 7.65. The SMILES string of the molecule is COc1ccccc1NC(=O)C1=C(C)Nc2nc(-c3cc(OC)c(OC)c(OC)c3)nn2C1c1cccc(Br)c1. The molecule has 0 saturated heterocycles. The molecule has 0 radical (unpaired) electrons. The molecular weight excluding hydrogens is 578 g/mol. The lowest BCUT2D eigenvalue weighted by Crippen LogP contribution is -2.31. The van der Waals surface area contributed by atoms with Gasteiger partial charge in [-0.3, -0.25) is 4.79 Å². The third-order valence-corrected chi connectivity index (χ3v) is 7.03. The van der Waals surface area contributed by atoms with Gasteiger partial charge in [0, 0.05) is 15.7 Å². The largest absolute Gasteiger partial charge is 0.495 e. The Morgan fingerprint density at radius 1 is 0.925 bits per heavy atom. The van der Waals surface area contributed by atoms with Crippen molar-refractivity contribution in [2.75, 3.05) is 39.1 Å². The number of anilines is 2. The number of nitrogens with one attached hydrogen (secondary N) is 2. The minimum absolute atomic E-state index is 0.296. The number of allylic oxidation sites excluding steroid dienone is 1. The van der Waals surface area contributed by atoms with E-state index in [1.54, 1.807) is 57.4 Å². The number of amides is 1. The van der Waals surface area contributed by atoms with Crippen molar-refractivity contribution in [2.45, 2.75) is 13.0 Å². The van der Waals surface area contributed by atoms with Gasteiger partial charge in [-0.1, -0.05) is 40.2 Å². The summed E-state index contributed by atoms with van der Waals surface area (Å²) in [4.78, 5) is 18.6. The molecule has 10 nitrogen and oxygen atoms in total. The van der Waals surface area contributed by atoms with E-state index < -0.39 is 6.04 Å². The highest BCUT2D eigenvalue weighted by Crippen LogP contribution is 2.42. The number of hydrogen-bond donors (Lipinski definition) is 2. The first-order chi connectivity index (χ1) is 19.4. The van der Waals surface area contributed by atoms with Crippen LogP contribution in [0.5, 0.6) is 23.0 Å². The monoisotopic (exact) mass is 605 g/mol.